The lowest BCUT2D eigenvalue weighted by Gasteiger charge is -2.10. The van der Waals surface area contributed by atoms with E-state index in [0.717, 1.165) is 19.3 Å². The number of unbranched alkanes of at least 4 members (excludes halogenated alkanes) is 13. The van der Waals surface area contributed by atoms with Crippen LogP contribution in [0, 0.1) is 0 Å². The van der Waals surface area contributed by atoms with Gasteiger partial charge in [-0.2, -0.15) is 5.90 Å². The zero-order valence-electron chi connectivity index (χ0n) is 17.8. The molecule has 0 aromatic carbocycles. The molecule has 29 heavy (non-hydrogen) atoms. The second kappa shape index (κ2) is 17.8. The summed E-state index contributed by atoms with van der Waals surface area (Å²) in [6, 6.07) is 0. The van der Waals surface area contributed by atoms with Gasteiger partial charge in [0.1, 0.15) is 6.42 Å². The fraction of sp³-hybridized carbons (Fsp3) is 0.900. The summed E-state index contributed by atoms with van der Waals surface area (Å²) in [7, 11) is -4.50. The summed E-state index contributed by atoms with van der Waals surface area (Å²) in [5, 5.41) is 6.78. The fourth-order valence-electron chi connectivity index (χ4n) is 3.09. The lowest BCUT2D eigenvalue weighted by atomic mass is 10.0. The molecule has 0 heterocycles. The first-order valence-electron chi connectivity index (χ1n) is 10.9. The van der Waals surface area contributed by atoms with E-state index in [0.29, 0.717) is 6.42 Å². The van der Waals surface area contributed by atoms with Crippen molar-refractivity contribution < 1.29 is 32.5 Å². The van der Waals surface area contributed by atoms with Crippen LogP contribution in [0.3, 0.4) is 0 Å². The van der Waals surface area contributed by atoms with Crippen LogP contribution in [0.2, 0.25) is 0 Å². The molecule has 0 aliphatic carbocycles. The van der Waals surface area contributed by atoms with Crippen molar-refractivity contribution in [3.63, 3.8) is 0 Å². The Morgan fingerprint density at radius 3 is 1.66 bits per heavy atom. The predicted molar refractivity (Wildman–Crippen MR) is 111 cm³/mol. The van der Waals surface area contributed by atoms with E-state index in [1.807, 2.05) is 0 Å². The molecule has 0 aromatic rings. The molecule has 0 rings (SSSR count). The number of hydrogen-bond donors (Lipinski definition) is 2. The van der Waals surface area contributed by atoms with Crippen molar-refractivity contribution in [1.82, 2.24) is 0 Å². The number of carboxylic acid groups (broad SMARTS) is 1. The Bertz CT molecular complexity index is 487. The van der Waals surface area contributed by atoms with Gasteiger partial charge < -0.3 is 9.84 Å². The van der Waals surface area contributed by atoms with E-state index in [-0.39, 0.29) is 6.61 Å². The van der Waals surface area contributed by atoms with Gasteiger partial charge in [0.2, 0.25) is 0 Å². The molecule has 0 spiro atoms. The summed E-state index contributed by atoms with van der Waals surface area (Å²) in [4.78, 5) is 22.5. The van der Waals surface area contributed by atoms with Crippen LogP contribution < -0.4 is 5.90 Å². The van der Waals surface area contributed by atoms with Crippen LogP contribution in [0.5, 0.6) is 0 Å². The van der Waals surface area contributed by atoms with Crippen molar-refractivity contribution in [1.29, 1.82) is 0 Å². The largest absolute Gasteiger partial charge is 0.481 e. The molecule has 0 bridgehead atoms. The standard InChI is InChI=1S/C20H39NO7S/c1-2-3-4-5-6-7-8-9-10-11-12-13-14-15-16-27-20(24)18(17-19(22)23)29(25,26)28-21/h18H,2-17,21H2,1H3,(H,22,23)/q+1. The van der Waals surface area contributed by atoms with E-state index >= 15 is 0 Å². The lowest BCUT2D eigenvalue weighted by Crippen LogP contribution is -2.40. The number of hydrogen-bond acceptors (Lipinski definition) is 6. The van der Waals surface area contributed by atoms with Gasteiger partial charge in [0.05, 0.1) is 11.2 Å². The minimum absolute atomic E-state index is 0.0487. The average molecular weight is 438 g/mol. The maximum atomic E-state index is 11.8. The number of rotatable bonds is 20. The smallest absolute Gasteiger partial charge is 0.428 e. The molecule has 2 unspecified atom stereocenters. The summed E-state index contributed by atoms with van der Waals surface area (Å²) in [6.45, 7) is 2.28. The first kappa shape index (κ1) is 28.0. The second-order valence-electron chi connectivity index (χ2n) is 7.44. The quantitative estimate of drug-likeness (QED) is 0.124. The van der Waals surface area contributed by atoms with Gasteiger partial charge in [0, 0.05) is 0 Å². The van der Waals surface area contributed by atoms with E-state index in [1.54, 1.807) is 0 Å². The Kier molecular flexibility index (Phi) is 17.2. The second-order valence-corrected chi connectivity index (χ2v) is 9.19. The summed E-state index contributed by atoms with van der Waals surface area (Å²) >= 11 is 0. The van der Waals surface area contributed by atoms with Crippen molar-refractivity contribution in [3.05, 3.63) is 0 Å². The molecule has 0 aromatic heterocycles. The average Bonchev–Trinajstić information content (AvgIpc) is 2.68. The third kappa shape index (κ3) is 15.5. The highest BCUT2D eigenvalue weighted by molar-refractivity contribution is 7.94. The van der Waals surface area contributed by atoms with Crippen molar-refractivity contribution in [2.75, 3.05) is 6.61 Å². The summed E-state index contributed by atoms with van der Waals surface area (Å²) in [5.41, 5.74) is 0. The summed E-state index contributed by atoms with van der Waals surface area (Å²) in [5.74, 6) is 2.02. The van der Waals surface area contributed by atoms with E-state index in [1.165, 1.54) is 64.2 Å². The van der Waals surface area contributed by atoms with E-state index in [4.69, 9.17) is 9.84 Å². The predicted octanol–water partition coefficient (Wildman–Crippen LogP) is 4.50. The molecule has 1 radical (unpaired) electrons. The van der Waals surface area contributed by atoms with E-state index in [2.05, 4.69) is 17.1 Å². The SMILES string of the molecule is CCCCCCCCCCCCCCCCOC(=O)C(CC(=O)O)[S+]([O])(=O)ON. The molecule has 0 amide bonds. The van der Waals surface area contributed by atoms with Gasteiger partial charge in [-0.3, -0.25) is 4.79 Å². The molecular formula is C20H39NO7S+. The van der Waals surface area contributed by atoms with Gasteiger partial charge in [-0.1, -0.05) is 90.4 Å². The monoisotopic (exact) mass is 437 g/mol. The van der Waals surface area contributed by atoms with Crippen molar-refractivity contribution >= 4 is 22.4 Å². The van der Waals surface area contributed by atoms with Crippen LogP contribution in [-0.4, -0.2) is 28.9 Å². The molecular weight excluding hydrogens is 398 g/mol. The molecule has 2 atom stereocenters. The van der Waals surface area contributed by atoms with Crippen LogP contribution >= 0.6 is 0 Å². The Morgan fingerprint density at radius 2 is 1.28 bits per heavy atom. The van der Waals surface area contributed by atoms with Crippen molar-refractivity contribution in [2.24, 2.45) is 5.90 Å². The Hall–Kier alpha value is -1.03. The zero-order chi connectivity index (χ0) is 22.0. The fourth-order valence-corrected chi connectivity index (χ4v) is 3.88. The molecule has 0 saturated carbocycles. The zero-order valence-corrected chi connectivity index (χ0v) is 18.6. The Balaban J connectivity index is 3.65. The van der Waals surface area contributed by atoms with E-state index < -0.39 is 34.1 Å². The number of nitrogens with two attached hydrogens (primary N) is 1. The van der Waals surface area contributed by atoms with Crippen molar-refractivity contribution in [3.8, 4) is 0 Å². The van der Waals surface area contributed by atoms with Crippen LogP contribution in [0.15, 0.2) is 0 Å². The topological polar surface area (TPSA) is 136 Å². The van der Waals surface area contributed by atoms with Crippen LogP contribution in [-0.2, 0) is 37.9 Å². The number of esters is 1. The highest BCUT2D eigenvalue weighted by Crippen LogP contribution is 2.17. The minimum atomic E-state index is -4.50. The van der Waals surface area contributed by atoms with Gasteiger partial charge >= 0.3 is 22.4 Å². The first-order chi connectivity index (χ1) is 13.8. The molecule has 0 fully saturated rings. The molecule has 8 nitrogen and oxygen atoms in total. The Labute approximate surface area is 176 Å². The van der Waals surface area contributed by atoms with Crippen LogP contribution in [0.25, 0.3) is 0 Å². The number of carbonyl (C=O) groups excluding carboxylic acids is 1. The number of carboxylic acids is 1. The third-order valence-electron chi connectivity index (χ3n) is 4.85. The van der Waals surface area contributed by atoms with E-state index in [9.17, 15) is 18.4 Å². The van der Waals surface area contributed by atoms with Crippen molar-refractivity contribution in [2.45, 2.75) is 108 Å². The van der Waals surface area contributed by atoms with Gasteiger partial charge in [-0.15, -0.1) is 0 Å². The number of aliphatic carboxylic acids is 1. The molecule has 171 valence electrons. The normalized spacial score (nSPS) is 14.3. The molecule has 0 aliphatic rings. The number of ether oxygens (including phenoxy) is 1. The van der Waals surface area contributed by atoms with Crippen LogP contribution in [0.1, 0.15) is 103 Å². The Morgan fingerprint density at radius 1 is 0.862 bits per heavy atom. The summed E-state index contributed by atoms with van der Waals surface area (Å²) < 4.78 is 31.7. The molecule has 9 heteroatoms. The third-order valence-corrected chi connectivity index (χ3v) is 6.17. The van der Waals surface area contributed by atoms with Gasteiger partial charge in [-0.05, 0) is 14.9 Å². The van der Waals surface area contributed by atoms with Gasteiger partial charge in [0.25, 0.3) is 5.25 Å². The lowest BCUT2D eigenvalue weighted by molar-refractivity contribution is -0.147. The highest BCUT2D eigenvalue weighted by Gasteiger charge is 2.51. The summed E-state index contributed by atoms with van der Waals surface area (Å²) in [6.07, 6.45) is 15.8. The molecule has 3 N–H and O–H groups in total. The number of carbonyl (C=O) groups is 2. The highest BCUT2D eigenvalue weighted by atomic mass is 32.3. The molecule has 0 saturated heterocycles. The minimum Gasteiger partial charge on any atom is -0.481 e. The first-order valence-corrected chi connectivity index (χ1v) is 12.3. The van der Waals surface area contributed by atoms with Crippen LogP contribution in [0.4, 0.5) is 0 Å². The molecule has 0 aliphatic heterocycles. The van der Waals surface area contributed by atoms with Gasteiger partial charge in [-0.25, -0.2) is 4.79 Å². The maximum Gasteiger partial charge on any atom is 0.428 e. The maximum absolute atomic E-state index is 11.8. The van der Waals surface area contributed by atoms with Gasteiger partial charge in [0.15, 0.2) is 0 Å².